The van der Waals surface area contributed by atoms with Crippen LogP contribution in [0.1, 0.15) is 61.5 Å². The topological polar surface area (TPSA) is 32.3 Å². The van der Waals surface area contributed by atoms with Crippen LogP contribution in [-0.4, -0.2) is 19.0 Å². The highest BCUT2D eigenvalue weighted by Gasteiger charge is 2.17. The maximum Gasteiger partial charge on any atom is 0.251 e. The van der Waals surface area contributed by atoms with Crippen LogP contribution >= 0.6 is 0 Å². The Morgan fingerprint density at radius 3 is 2.23 bits per heavy atom. The third kappa shape index (κ3) is 4.87. The summed E-state index contributed by atoms with van der Waals surface area (Å²) in [7, 11) is 0. The molecule has 0 aliphatic carbocycles. The molecule has 1 N–H and O–H groups in total. The summed E-state index contributed by atoms with van der Waals surface area (Å²) in [6, 6.07) is 18.4. The molecule has 138 valence electrons. The van der Waals surface area contributed by atoms with Crippen LogP contribution in [0, 0.1) is 5.92 Å². The lowest BCUT2D eigenvalue weighted by Crippen LogP contribution is -2.30. The van der Waals surface area contributed by atoms with Crippen LogP contribution in [0.15, 0.2) is 54.6 Å². The van der Waals surface area contributed by atoms with E-state index >= 15 is 0 Å². The van der Waals surface area contributed by atoms with Crippen LogP contribution in [0.5, 0.6) is 0 Å². The van der Waals surface area contributed by atoms with Gasteiger partial charge in [-0.25, -0.2) is 0 Å². The van der Waals surface area contributed by atoms with Crippen molar-refractivity contribution in [1.82, 2.24) is 5.32 Å². The van der Waals surface area contributed by atoms with Gasteiger partial charge in [-0.15, -0.1) is 0 Å². The molecule has 1 aliphatic heterocycles. The second kappa shape index (κ2) is 8.88. The maximum absolute atomic E-state index is 12.8. The van der Waals surface area contributed by atoms with Crippen molar-refractivity contribution in [3.8, 4) is 0 Å². The molecule has 1 unspecified atom stereocenters. The van der Waals surface area contributed by atoms with Crippen molar-refractivity contribution in [2.45, 2.75) is 45.6 Å². The van der Waals surface area contributed by atoms with Gasteiger partial charge in [0.15, 0.2) is 0 Å². The summed E-state index contributed by atoms with van der Waals surface area (Å²) in [5.41, 5.74) is 3.12. The van der Waals surface area contributed by atoms with Gasteiger partial charge >= 0.3 is 0 Å². The van der Waals surface area contributed by atoms with Crippen molar-refractivity contribution < 1.29 is 4.79 Å². The van der Waals surface area contributed by atoms with Crippen LogP contribution in [0.2, 0.25) is 0 Å². The number of hydrogen-bond acceptors (Lipinski definition) is 2. The largest absolute Gasteiger partial charge is 0.372 e. The van der Waals surface area contributed by atoms with Crippen molar-refractivity contribution in [3.05, 3.63) is 65.7 Å². The number of amides is 1. The number of nitrogens with zero attached hydrogens (tertiary/aromatic N) is 1. The first-order chi connectivity index (χ1) is 12.6. The van der Waals surface area contributed by atoms with Gasteiger partial charge < -0.3 is 10.2 Å². The number of benzene rings is 2. The smallest absolute Gasteiger partial charge is 0.251 e. The van der Waals surface area contributed by atoms with Gasteiger partial charge in [-0.2, -0.15) is 0 Å². The van der Waals surface area contributed by atoms with Gasteiger partial charge in [-0.1, -0.05) is 44.2 Å². The van der Waals surface area contributed by atoms with Crippen molar-refractivity contribution >= 4 is 11.6 Å². The minimum atomic E-state index is 0.00435. The summed E-state index contributed by atoms with van der Waals surface area (Å²) >= 11 is 0. The van der Waals surface area contributed by atoms with Gasteiger partial charge in [-0.05, 0) is 61.4 Å². The van der Waals surface area contributed by atoms with Crippen LogP contribution < -0.4 is 10.2 Å². The lowest BCUT2D eigenvalue weighted by atomic mass is 9.96. The quantitative estimate of drug-likeness (QED) is 0.777. The second-order valence-corrected chi connectivity index (χ2v) is 7.66. The molecular weight excluding hydrogens is 320 g/mol. The predicted molar refractivity (Wildman–Crippen MR) is 109 cm³/mol. The van der Waals surface area contributed by atoms with E-state index in [9.17, 15) is 4.79 Å². The van der Waals surface area contributed by atoms with E-state index in [1.54, 1.807) is 0 Å². The SMILES string of the molecule is CC(C)CC(NC(=O)c1ccc(N2CCCCC2)cc1)c1ccccc1. The number of carbonyl (C=O) groups excluding carboxylic acids is 1. The van der Waals surface area contributed by atoms with Crippen molar-refractivity contribution in [2.24, 2.45) is 5.92 Å². The van der Waals surface area contributed by atoms with Gasteiger partial charge in [-0.3, -0.25) is 4.79 Å². The van der Waals surface area contributed by atoms with Crippen LogP contribution in [0.4, 0.5) is 5.69 Å². The van der Waals surface area contributed by atoms with E-state index in [4.69, 9.17) is 0 Å². The van der Waals surface area contributed by atoms with Crippen LogP contribution in [0.3, 0.4) is 0 Å². The maximum atomic E-state index is 12.8. The number of hydrogen-bond donors (Lipinski definition) is 1. The van der Waals surface area contributed by atoms with E-state index in [-0.39, 0.29) is 11.9 Å². The molecule has 0 bridgehead atoms. The lowest BCUT2D eigenvalue weighted by molar-refractivity contribution is 0.0932. The van der Waals surface area contributed by atoms with E-state index in [1.165, 1.54) is 30.5 Å². The van der Waals surface area contributed by atoms with Crippen molar-refractivity contribution in [2.75, 3.05) is 18.0 Å². The summed E-state index contributed by atoms with van der Waals surface area (Å²) < 4.78 is 0. The fourth-order valence-corrected chi connectivity index (χ4v) is 3.65. The zero-order chi connectivity index (χ0) is 18.4. The molecule has 1 amide bonds. The van der Waals surface area contributed by atoms with Crippen LogP contribution in [-0.2, 0) is 0 Å². The standard InChI is InChI=1S/C23H30N2O/c1-18(2)17-22(19-9-5-3-6-10-19)24-23(26)20-11-13-21(14-12-20)25-15-7-4-8-16-25/h3,5-6,9-14,18,22H,4,7-8,15-17H2,1-2H3,(H,24,26). The molecule has 1 fully saturated rings. The van der Waals surface area contributed by atoms with Crippen LogP contribution in [0.25, 0.3) is 0 Å². The Kier molecular flexibility index (Phi) is 6.32. The molecule has 0 radical (unpaired) electrons. The molecule has 2 aromatic carbocycles. The molecular formula is C23H30N2O. The average Bonchev–Trinajstić information content (AvgIpc) is 2.68. The number of piperidine rings is 1. The first kappa shape index (κ1) is 18.5. The molecule has 0 aromatic heterocycles. The zero-order valence-corrected chi connectivity index (χ0v) is 15.9. The Balaban J connectivity index is 1.68. The molecule has 0 saturated carbocycles. The summed E-state index contributed by atoms with van der Waals surface area (Å²) in [6.45, 7) is 6.62. The third-order valence-corrected chi connectivity index (χ3v) is 5.07. The first-order valence-corrected chi connectivity index (χ1v) is 9.84. The monoisotopic (exact) mass is 350 g/mol. The average molecular weight is 351 g/mol. The molecule has 3 rings (SSSR count). The highest BCUT2D eigenvalue weighted by atomic mass is 16.1. The highest BCUT2D eigenvalue weighted by molar-refractivity contribution is 5.94. The predicted octanol–water partition coefficient (Wildman–Crippen LogP) is 5.19. The summed E-state index contributed by atoms with van der Waals surface area (Å²) in [4.78, 5) is 15.2. The Bertz CT molecular complexity index is 688. The van der Waals surface area contributed by atoms with Gasteiger partial charge in [0.05, 0.1) is 6.04 Å². The molecule has 1 heterocycles. The molecule has 0 spiro atoms. The molecule has 1 saturated heterocycles. The molecule has 1 aliphatic rings. The van der Waals surface area contributed by atoms with Gasteiger partial charge in [0.1, 0.15) is 0 Å². The summed E-state index contributed by atoms with van der Waals surface area (Å²) in [6.07, 6.45) is 4.78. The zero-order valence-electron chi connectivity index (χ0n) is 15.9. The molecule has 3 heteroatoms. The number of nitrogens with one attached hydrogen (secondary N) is 1. The molecule has 2 aromatic rings. The fraction of sp³-hybridized carbons (Fsp3) is 0.435. The molecule has 3 nitrogen and oxygen atoms in total. The first-order valence-electron chi connectivity index (χ1n) is 9.84. The van der Waals surface area contributed by atoms with E-state index in [2.05, 4.69) is 48.3 Å². The Morgan fingerprint density at radius 2 is 1.62 bits per heavy atom. The van der Waals surface area contributed by atoms with E-state index < -0.39 is 0 Å². The lowest BCUT2D eigenvalue weighted by Gasteiger charge is -2.29. The van der Waals surface area contributed by atoms with Gasteiger partial charge in [0.2, 0.25) is 0 Å². The number of carbonyl (C=O) groups is 1. The highest BCUT2D eigenvalue weighted by Crippen LogP contribution is 2.23. The Morgan fingerprint density at radius 1 is 0.962 bits per heavy atom. The molecule has 26 heavy (non-hydrogen) atoms. The minimum absolute atomic E-state index is 0.00435. The van der Waals surface area contributed by atoms with E-state index in [0.29, 0.717) is 5.92 Å². The Labute approximate surface area is 157 Å². The van der Waals surface area contributed by atoms with Gasteiger partial charge in [0, 0.05) is 24.3 Å². The minimum Gasteiger partial charge on any atom is -0.372 e. The van der Waals surface area contributed by atoms with Crippen molar-refractivity contribution in [3.63, 3.8) is 0 Å². The number of rotatable bonds is 6. The van der Waals surface area contributed by atoms with Crippen molar-refractivity contribution in [1.29, 1.82) is 0 Å². The Hall–Kier alpha value is -2.29. The summed E-state index contributed by atoms with van der Waals surface area (Å²) in [5.74, 6) is 0.520. The third-order valence-electron chi connectivity index (χ3n) is 5.07. The van der Waals surface area contributed by atoms with Gasteiger partial charge in [0.25, 0.3) is 5.91 Å². The van der Waals surface area contributed by atoms with E-state index in [1.807, 2.05) is 30.3 Å². The normalized spacial score (nSPS) is 15.7. The second-order valence-electron chi connectivity index (χ2n) is 7.66. The molecule has 1 atom stereocenters. The summed E-state index contributed by atoms with van der Waals surface area (Å²) in [5, 5.41) is 3.23. The number of anilines is 1. The van der Waals surface area contributed by atoms with E-state index in [0.717, 1.165) is 25.1 Å². The fourth-order valence-electron chi connectivity index (χ4n) is 3.65.